The Hall–Kier alpha value is -4.06. The Balaban J connectivity index is 0.000000152. The summed E-state index contributed by atoms with van der Waals surface area (Å²) in [6.07, 6.45) is 11.1. The van der Waals surface area contributed by atoms with Gasteiger partial charge in [0.2, 0.25) is 0 Å². The van der Waals surface area contributed by atoms with Gasteiger partial charge < -0.3 is 13.7 Å². The number of aryl methyl sites for hydroxylation is 3. The predicted octanol–water partition coefficient (Wildman–Crippen LogP) is 5.66. The molecule has 0 bridgehead atoms. The van der Waals surface area contributed by atoms with Gasteiger partial charge in [-0.2, -0.15) is 0 Å². The maximum absolute atomic E-state index is 4.22. The van der Waals surface area contributed by atoms with Crippen molar-refractivity contribution in [1.82, 2.24) is 28.7 Å². The summed E-state index contributed by atoms with van der Waals surface area (Å²) in [7, 11) is 5.93. The maximum Gasteiger partial charge on any atom is 3.00 e. The van der Waals surface area contributed by atoms with Gasteiger partial charge >= 0.3 is 20.1 Å². The van der Waals surface area contributed by atoms with Crippen LogP contribution in [0.4, 0.5) is 0 Å². The van der Waals surface area contributed by atoms with E-state index in [0.29, 0.717) is 0 Å². The van der Waals surface area contributed by atoms with E-state index in [4.69, 9.17) is 0 Å². The molecule has 6 aromatic rings. The first-order chi connectivity index (χ1) is 17.6. The minimum atomic E-state index is 0. The third-order valence-corrected chi connectivity index (χ3v) is 5.31. The summed E-state index contributed by atoms with van der Waals surface area (Å²) in [4.78, 5) is 12.7. The molecule has 0 aliphatic heterocycles. The number of aromatic nitrogens is 6. The summed E-state index contributed by atoms with van der Waals surface area (Å²) in [6.45, 7) is 0. The van der Waals surface area contributed by atoms with E-state index in [2.05, 4.69) is 33.2 Å². The molecule has 0 atom stereocenters. The molecule has 3 aromatic carbocycles. The Labute approximate surface area is 231 Å². The SMILES string of the molecule is Cn1ccnc1-c1[c-]cccc1.Cn1ccnc1-c1[c-]cccc1.Cn1ccnc1-c1[c-]cccc1.[Ir+3]. The minimum absolute atomic E-state index is 0. The standard InChI is InChI=1S/3C10H9N2.Ir/c3*1-12-8-7-11-10(12)9-5-3-2-4-6-9;/h3*2-5,7-8H,1H3;/q3*-1;+3. The first-order valence-corrected chi connectivity index (χ1v) is 11.5. The van der Waals surface area contributed by atoms with Crippen LogP contribution in [0.2, 0.25) is 0 Å². The predicted molar refractivity (Wildman–Crippen MR) is 142 cm³/mol. The number of hydrogen-bond acceptors (Lipinski definition) is 3. The zero-order chi connectivity index (χ0) is 25.2. The van der Waals surface area contributed by atoms with Crippen molar-refractivity contribution in [2.24, 2.45) is 21.1 Å². The van der Waals surface area contributed by atoms with Crippen LogP contribution in [0.1, 0.15) is 0 Å². The number of rotatable bonds is 3. The van der Waals surface area contributed by atoms with Crippen molar-refractivity contribution in [2.45, 2.75) is 0 Å². The van der Waals surface area contributed by atoms with E-state index in [1.165, 1.54) is 0 Å². The molecule has 0 saturated heterocycles. The van der Waals surface area contributed by atoms with Crippen molar-refractivity contribution in [3.05, 3.63) is 128 Å². The second-order valence-corrected chi connectivity index (χ2v) is 7.91. The van der Waals surface area contributed by atoms with E-state index < -0.39 is 0 Å². The number of benzene rings is 3. The number of hydrogen-bond donors (Lipinski definition) is 0. The molecular formula is C30H27IrN6. The van der Waals surface area contributed by atoms with E-state index in [1.54, 1.807) is 18.6 Å². The van der Waals surface area contributed by atoms with Gasteiger partial charge in [-0.1, -0.05) is 0 Å². The zero-order valence-electron chi connectivity index (χ0n) is 20.9. The van der Waals surface area contributed by atoms with Crippen LogP contribution >= 0.6 is 0 Å². The molecule has 0 spiro atoms. The van der Waals surface area contributed by atoms with E-state index in [1.807, 2.05) is 126 Å². The normalized spacial score (nSPS) is 9.81. The molecular weight excluding hydrogens is 637 g/mol. The quantitative estimate of drug-likeness (QED) is 0.230. The van der Waals surface area contributed by atoms with Crippen molar-refractivity contribution in [2.75, 3.05) is 0 Å². The minimum Gasteiger partial charge on any atom is -0.373 e. The van der Waals surface area contributed by atoms with Gasteiger partial charge in [0.1, 0.15) is 0 Å². The molecule has 0 fully saturated rings. The van der Waals surface area contributed by atoms with Gasteiger partial charge in [0.05, 0.1) is 17.5 Å². The van der Waals surface area contributed by atoms with Gasteiger partial charge in [0.25, 0.3) is 0 Å². The average molecular weight is 664 g/mol. The Bertz CT molecular complexity index is 1270. The van der Waals surface area contributed by atoms with Gasteiger partial charge in [-0.25, -0.2) is 0 Å². The zero-order valence-corrected chi connectivity index (χ0v) is 23.3. The van der Waals surface area contributed by atoms with Crippen molar-refractivity contribution < 1.29 is 20.1 Å². The van der Waals surface area contributed by atoms with E-state index in [9.17, 15) is 0 Å². The van der Waals surface area contributed by atoms with Crippen molar-refractivity contribution >= 4 is 0 Å². The molecule has 37 heavy (non-hydrogen) atoms. The third kappa shape index (κ3) is 7.46. The largest absolute Gasteiger partial charge is 3.00 e. The molecule has 0 amide bonds. The summed E-state index contributed by atoms with van der Waals surface area (Å²) in [5.74, 6) is 2.86. The Morgan fingerprint density at radius 1 is 0.486 bits per heavy atom. The van der Waals surface area contributed by atoms with Gasteiger partial charge in [0.15, 0.2) is 0 Å². The molecule has 7 heteroatoms. The van der Waals surface area contributed by atoms with Crippen LogP contribution in [0.3, 0.4) is 0 Å². The Morgan fingerprint density at radius 2 is 0.784 bits per heavy atom. The van der Waals surface area contributed by atoms with Crippen molar-refractivity contribution in [3.63, 3.8) is 0 Å². The summed E-state index contributed by atoms with van der Waals surface area (Å²) < 4.78 is 5.93. The molecule has 0 aliphatic carbocycles. The average Bonchev–Trinajstić information content (AvgIpc) is 3.67. The smallest absolute Gasteiger partial charge is 0.373 e. The fourth-order valence-electron chi connectivity index (χ4n) is 3.47. The molecule has 3 aromatic heterocycles. The maximum atomic E-state index is 4.22. The summed E-state index contributed by atoms with van der Waals surface area (Å²) in [6, 6.07) is 32.9. The molecule has 0 saturated carbocycles. The van der Waals surface area contributed by atoms with Crippen LogP contribution in [0.15, 0.2) is 110 Å². The number of nitrogens with zero attached hydrogens (tertiary/aromatic N) is 6. The van der Waals surface area contributed by atoms with Crippen LogP contribution in [-0.4, -0.2) is 28.7 Å². The van der Waals surface area contributed by atoms with E-state index >= 15 is 0 Å². The van der Waals surface area contributed by atoms with Crippen molar-refractivity contribution in [3.8, 4) is 34.2 Å². The summed E-state index contributed by atoms with van der Waals surface area (Å²) >= 11 is 0. The molecule has 6 rings (SSSR count). The van der Waals surface area contributed by atoms with E-state index in [0.717, 1.165) is 34.2 Å². The molecule has 0 aliphatic rings. The fourth-order valence-corrected chi connectivity index (χ4v) is 3.47. The second kappa shape index (κ2) is 13.9. The van der Waals surface area contributed by atoms with Gasteiger partial charge in [0, 0.05) is 58.3 Å². The Morgan fingerprint density at radius 3 is 0.973 bits per heavy atom. The first-order valence-electron chi connectivity index (χ1n) is 11.5. The van der Waals surface area contributed by atoms with Crippen LogP contribution < -0.4 is 0 Å². The third-order valence-electron chi connectivity index (χ3n) is 5.31. The van der Waals surface area contributed by atoms with Gasteiger partial charge in [-0.15, -0.1) is 108 Å². The van der Waals surface area contributed by atoms with Gasteiger partial charge in [-0.05, 0) is 0 Å². The topological polar surface area (TPSA) is 53.5 Å². The summed E-state index contributed by atoms with van der Waals surface area (Å²) in [5, 5.41) is 0. The first kappa shape index (κ1) is 27.5. The molecule has 6 nitrogen and oxygen atoms in total. The monoisotopic (exact) mass is 664 g/mol. The molecule has 3 heterocycles. The van der Waals surface area contributed by atoms with Crippen molar-refractivity contribution in [1.29, 1.82) is 0 Å². The van der Waals surface area contributed by atoms with Crippen LogP contribution in [0, 0.1) is 18.2 Å². The van der Waals surface area contributed by atoms with Gasteiger partial charge in [-0.3, -0.25) is 15.0 Å². The molecule has 0 unspecified atom stereocenters. The molecule has 186 valence electrons. The molecule has 0 radical (unpaired) electrons. The van der Waals surface area contributed by atoms with E-state index in [-0.39, 0.29) is 20.1 Å². The summed E-state index contributed by atoms with van der Waals surface area (Å²) in [5.41, 5.74) is 3.10. The Kier molecular flexibility index (Phi) is 10.3. The second-order valence-electron chi connectivity index (χ2n) is 7.91. The van der Waals surface area contributed by atoms with Crippen LogP contribution in [0.5, 0.6) is 0 Å². The number of imidazole rings is 3. The van der Waals surface area contributed by atoms with Crippen LogP contribution in [0.25, 0.3) is 34.2 Å². The molecule has 0 N–H and O–H groups in total. The fraction of sp³-hybridized carbons (Fsp3) is 0.100. The van der Waals surface area contributed by atoms with Crippen LogP contribution in [-0.2, 0) is 41.2 Å².